The number of nitrogens with one attached hydrogen (secondary N) is 1. The van der Waals surface area contributed by atoms with Crippen LogP contribution in [0.15, 0.2) is 53.1 Å². The Hall–Kier alpha value is -2.37. The van der Waals surface area contributed by atoms with Crippen LogP contribution in [0.25, 0.3) is 11.5 Å². The normalized spacial score (nSPS) is 10.6. The molecule has 1 heterocycles. The number of anilines is 1. The lowest BCUT2D eigenvalue weighted by atomic mass is 10.2. The number of aliphatic hydroxyl groups is 1. The van der Waals surface area contributed by atoms with Crippen molar-refractivity contribution in [3.05, 3.63) is 64.9 Å². The molecule has 2 aromatic carbocycles. The van der Waals surface area contributed by atoms with Crippen molar-refractivity contribution < 1.29 is 9.63 Å². The van der Waals surface area contributed by atoms with Crippen LogP contribution < -0.4 is 5.32 Å². The Bertz CT molecular complexity index is 759. The first-order valence-electron chi connectivity index (χ1n) is 6.77. The predicted molar refractivity (Wildman–Crippen MR) is 84.4 cm³/mol. The second-order valence-electron chi connectivity index (χ2n) is 4.71. The first-order valence-corrected chi connectivity index (χ1v) is 7.15. The zero-order valence-electron chi connectivity index (χ0n) is 11.7. The van der Waals surface area contributed by atoms with Crippen molar-refractivity contribution in [2.75, 3.05) is 5.32 Å². The largest absolute Gasteiger partial charge is 0.392 e. The highest BCUT2D eigenvalue weighted by atomic mass is 35.5. The molecule has 0 atom stereocenters. The van der Waals surface area contributed by atoms with Gasteiger partial charge in [-0.1, -0.05) is 41.0 Å². The van der Waals surface area contributed by atoms with Gasteiger partial charge in [-0.2, -0.15) is 4.98 Å². The highest BCUT2D eigenvalue weighted by molar-refractivity contribution is 6.33. The third-order valence-corrected chi connectivity index (χ3v) is 3.47. The molecule has 6 heteroatoms. The fourth-order valence-electron chi connectivity index (χ4n) is 2.00. The Balaban J connectivity index is 1.71. The van der Waals surface area contributed by atoms with Crippen molar-refractivity contribution in [1.82, 2.24) is 10.1 Å². The van der Waals surface area contributed by atoms with E-state index >= 15 is 0 Å². The third-order valence-electron chi connectivity index (χ3n) is 3.14. The van der Waals surface area contributed by atoms with Crippen molar-refractivity contribution in [2.24, 2.45) is 0 Å². The molecule has 0 spiro atoms. The molecular formula is C16H14ClN3O2. The maximum Gasteiger partial charge on any atom is 0.257 e. The van der Waals surface area contributed by atoms with Crippen molar-refractivity contribution in [1.29, 1.82) is 0 Å². The van der Waals surface area contributed by atoms with Crippen LogP contribution in [0.1, 0.15) is 11.4 Å². The van der Waals surface area contributed by atoms with E-state index in [2.05, 4.69) is 15.5 Å². The number of aromatic nitrogens is 2. The Kier molecular flexibility index (Phi) is 4.37. The standard InChI is InChI=1S/C16H14ClN3O2/c17-13-7-6-11(10-21)8-14(13)18-9-15-19-16(22-20-15)12-4-2-1-3-5-12/h1-8,18,21H,9-10H2. The second kappa shape index (κ2) is 6.60. The number of halogens is 1. The number of nitrogens with zero attached hydrogens (tertiary/aromatic N) is 2. The zero-order chi connectivity index (χ0) is 15.4. The summed E-state index contributed by atoms with van der Waals surface area (Å²) in [7, 11) is 0. The van der Waals surface area contributed by atoms with Crippen molar-refractivity contribution in [3.8, 4) is 11.5 Å². The minimum atomic E-state index is -0.0355. The van der Waals surface area contributed by atoms with Crippen LogP contribution in [0.3, 0.4) is 0 Å². The van der Waals surface area contributed by atoms with E-state index in [4.69, 9.17) is 21.2 Å². The van der Waals surface area contributed by atoms with Crippen LogP contribution in [0, 0.1) is 0 Å². The summed E-state index contributed by atoms with van der Waals surface area (Å²) in [6, 6.07) is 14.9. The average molecular weight is 316 g/mol. The highest BCUT2D eigenvalue weighted by Crippen LogP contribution is 2.24. The first-order chi connectivity index (χ1) is 10.8. The molecule has 0 saturated carbocycles. The minimum Gasteiger partial charge on any atom is -0.392 e. The summed E-state index contributed by atoms with van der Waals surface area (Å²) in [5, 5.41) is 16.8. The maximum atomic E-state index is 9.16. The molecule has 0 aliphatic heterocycles. The summed E-state index contributed by atoms with van der Waals surface area (Å²) in [5.41, 5.74) is 2.38. The van der Waals surface area contributed by atoms with E-state index in [1.54, 1.807) is 18.2 Å². The van der Waals surface area contributed by atoms with Gasteiger partial charge in [-0.3, -0.25) is 0 Å². The Morgan fingerprint density at radius 3 is 2.73 bits per heavy atom. The Morgan fingerprint density at radius 1 is 1.14 bits per heavy atom. The van der Waals surface area contributed by atoms with Crippen LogP contribution in [0.2, 0.25) is 5.02 Å². The van der Waals surface area contributed by atoms with E-state index in [1.165, 1.54) is 0 Å². The zero-order valence-corrected chi connectivity index (χ0v) is 12.4. The van der Waals surface area contributed by atoms with Crippen molar-refractivity contribution >= 4 is 17.3 Å². The smallest absolute Gasteiger partial charge is 0.257 e. The third kappa shape index (κ3) is 3.27. The number of rotatable bonds is 5. The molecule has 3 aromatic rings. The van der Waals surface area contributed by atoms with Crippen LogP contribution in [-0.4, -0.2) is 15.2 Å². The van der Waals surface area contributed by atoms with E-state index < -0.39 is 0 Å². The Labute approximate surface area is 132 Å². The summed E-state index contributed by atoms with van der Waals surface area (Å²) in [6.07, 6.45) is 0. The van der Waals surface area contributed by atoms with Crippen LogP contribution >= 0.6 is 11.6 Å². The molecular weight excluding hydrogens is 302 g/mol. The number of hydrogen-bond donors (Lipinski definition) is 2. The molecule has 0 saturated heterocycles. The quantitative estimate of drug-likeness (QED) is 0.754. The van der Waals surface area contributed by atoms with Gasteiger partial charge in [0.2, 0.25) is 0 Å². The monoisotopic (exact) mass is 315 g/mol. The van der Waals surface area contributed by atoms with Gasteiger partial charge in [-0.25, -0.2) is 0 Å². The van der Waals surface area contributed by atoms with Gasteiger partial charge in [0, 0.05) is 5.56 Å². The number of hydrogen-bond acceptors (Lipinski definition) is 5. The van der Waals surface area contributed by atoms with Crippen LogP contribution in [0.5, 0.6) is 0 Å². The van der Waals surface area contributed by atoms with Gasteiger partial charge >= 0.3 is 0 Å². The van der Waals surface area contributed by atoms with Gasteiger partial charge in [0.1, 0.15) is 0 Å². The highest BCUT2D eigenvalue weighted by Gasteiger charge is 2.09. The van der Waals surface area contributed by atoms with E-state index in [0.717, 1.165) is 16.8 Å². The minimum absolute atomic E-state index is 0.0355. The van der Waals surface area contributed by atoms with E-state index in [9.17, 15) is 0 Å². The van der Waals surface area contributed by atoms with E-state index in [0.29, 0.717) is 23.3 Å². The molecule has 0 bridgehead atoms. The topological polar surface area (TPSA) is 71.2 Å². The fraction of sp³-hybridized carbons (Fsp3) is 0.125. The molecule has 2 N–H and O–H groups in total. The molecule has 0 fully saturated rings. The van der Waals surface area contributed by atoms with E-state index in [-0.39, 0.29) is 6.61 Å². The molecule has 0 aliphatic rings. The predicted octanol–water partition coefficient (Wildman–Crippen LogP) is 3.49. The van der Waals surface area contributed by atoms with Crippen molar-refractivity contribution in [3.63, 3.8) is 0 Å². The summed E-state index contributed by atoms with van der Waals surface area (Å²) in [4.78, 5) is 4.34. The van der Waals surface area contributed by atoms with Gasteiger partial charge in [0.25, 0.3) is 5.89 Å². The molecule has 0 aliphatic carbocycles. The maximum absolute atomic E-state index is 9.16. The average Bonchev–Trinajstić information content (AvgIpc) is 3.04. The fourth-order valence-corrected chi connectivity index (χ4v) is 2.19. The molecule has 0 radical (unpaired) electrons. The first kappa shape index (κ1) is 14.6. The van der Waals surface area contributed by atoms with E-state index in [1.807, 2.05) is 30.3 Å². The van der Waals surface area contributed by atoms with Crippen LogP contribution in [0.4, 0.5) is 5.69 Å². The van der Waals surface area contributed by atoms with Crippen LogP contribution in [-0.2, 0) is 13.2 Å². The Morgan fingerprint density at radius 2 is 1.95 bits per heavy atom. The summed E-state index contributed by atoms with van der Waals surface area (Å²) in [5.74, 6) is 1.01. The second-order valence-corrected chi connectivity index (χ2v) is 5.11. The van der Waals surface area contributed by atoms with Crippen molar-refractivity contribution in [2.45, 2.75) is 13.2 Å². The molecule has 3 rings (SSSR count). The number of aliphatic hydroxyl groups excluding tert-OH is 1. The summed E-state index contributed by atoms with van der Waals surface area (Å²) in [6.45, 7) is 0.344. The molecule has 0 unspecified atom stereocenters. The summed E-state index contributed by atoms with van der Waals surface area (Å²) < 4.78 is 5.24. The molecule has 1 aromatic heterocycles. The molecule has 5 nitrogen and oxygen atoms in total. The van der Waals surface area contributed by atoms with Gasteiger partial charge in [0.05, 0.1) is 23.9 Å². The van der Waals surface area contributed by atoms with Gasteiger partial charge in [0.15, 0.2) is 5.82 Å². The lowest BCUT2D eigenvalue weighted by molar-refractivity contribution is 0.282. The van der Waals surface area contributed by atoms with Gasteiger partial charge in [-0.05, 0) is 29.8 Å². The lowest BCUT2D eigenvalue weighted by Gasteiger charge is -2.07. The lowest BCUT2D eigenvalue weighted by Crippen LogP contribution is -2.02. The van der Waals surface area contributed by atoms with Gasteiger partial charge < -0.3 is 14.9 Å². The molecule has 0 amide bonds. The SMILES string of the molecule is OCc1ccc(Cl)c(NCc2noc(-c3ccccc3)n2)c1. The molecule has 112 valence electrons. The summed E-state index contributed by atoms with van der Waals surface area (Å²) >= 11 is 6.11. The number of benzene rings is 2. The molecule has 22 heavy (non-hydrogen) atoms. The van der Waals surface area contributed by atoms with Gasteiger partial charge in [-0.15, -0.1) is 0 Å².